The van der Waals surface area contributed by atoms with Crippen LogP contribution in [0.5, 0.6) is 5.75 Å². The molecule has 0 fully saturated rings. The van der Waals surface area contributed by atoms with Crippen molar-refractivity contribution in [3.05, 3.63) is 69.7 Å². The number of nitrogens with one attached hydrogen (secondary N) is 1. The van der Waals surface area contributed by atoms with Crippen molar-refractivity contribution in [2.45, 2.75) is 25.3 Å². The van der Waals surface area contributed by atoms with Crippen LogP contribution in [0.3, 0.4) is 0 Å². The summed E-state index contributed by atoms with van der Waals surface area (Å²) in [6.45, 7) is 3.97. The third-order valence-electron chi connectivity index (χ3n) is 4.63. The highest BCUT2D eigenvalue weighted by molar-refractivity contribution is 7.89. The van der Waals surface area contributed by atoms with Gasteiger partial charge >= 0.3 is 0 Å². The van der Waals surface area contributed by atoms with E-state index in [0.717, 1.165) is 21.1 Å². The number of benzene rings is 2. The zero-order valence-corrected chi connectivity index (χ0v) is 18.8. The monoisotopic (exact) mass is 445 g/mol. The number of ether oxygens (including phenoxy) is 1. The Morgan fingerprint density at radius 1 is 1.20 bits per heavy atom. The first-order chi connectivity index (χ1) is 14.2. The lowest BCUT2D eigenvalue weighted by Gasteiger charge is -2.16. The number of aryl methyl sites for hydroxylation is 1. The van der Waals surface area contributed by atoms with Gasteiger partial charge in [0.15, 0.2) is 0 Å². The fourth-order valence-corrected chi connectivity index (χ4v) is 4.26. The van der Waals surface area contributed by atoms with Crippen LogP contribution in [0.1, 0.15) is 27.2 Å². The molecular weight excluding hydrogens is 422 g/mol. The first-order valence-electron chi connectivity index (χ1n) is 9.13. The van der Waals surface area contributed by atoms with Crippen molar-refractivity contribution in [3.8, 4) is 5.75 Å². The van der Waals surface area contributed by atoms with Gasteiger partial charge in [0.25, 0.3) is 5.91 Å². The molecule has 3 aromatic rings. The Morgan fingerprint density at radius 3 is 2.63 bits per heavy atom. The number of anilines is 1. The van der Waals surface area contributed by atoms with E-state index >= 15 is 0 Å². The predicted molar refractivity (Wildman–Crippen MR) is 118 cm³/mol. The number of carbonyl (C=O) groups excluding carboxylic acids is 1. The zero-order valence-electron chi connectivity index (χ0n) is 17.2. The smallest absolute Gasteiger partial charge is 0.255 e. The summed E-state index contributed by atoms with van der Waals surface area (Å²) in [4.78, 5) is 17.1. The number of aromatic nitrogens is 1. The maximum Gasteiger partial charge on any atom is 0.255 e. The fraction of sp³-hybridized carbons (Fsp3) is 0.238. The second-order valence-corrected chi connectivity index (χ2v) is 9.82. The van der Waals surface area contributed by atoms with Crippen molar-refractivity contribution in [1.82, 2.24) is 9.29 Å². The largest absolute Gasteiger partial charge is 0.487 e. The van der Waals surface area contributed by atoms with Gasteiger partial charge in [0.05, 0.1) is 16.1 Å². The molecule has 1 heterocycles. The Bertz CT molecular complexity index is 1160. The Hall–Kier alpha value is -2.75. The lowest BCUT2D eigenvalue weighted by molar-refractivity contribution is 0.102. The highest BCUT2D eigenvalue weighted by Gasteiger charge is 2.20. The molecular formula is C21H23N3O4S2. The molecule has 0 aliphatic carbocycles. The Balaban J connectivity index is 1.82. The van der Waals surface area contributed by atoms with Crippen molar-refractivity contribution < 1.29 is 17.9 Å². The van der Waals surface area contributed by atoms with E-state index in [4.69, 9.17) is 4.74 Å². The first-order valence-corrected chi connectivity index (χ1v) is 11.5. The summed E-state index contributed by atoms with van der Waals surface area (Å²) in [6.07, 6.45) is 0. The molecule has 0 bridgehead atoms. The summed E-state index contributed by atoms with van der Waals surface area (Å²) < 4.78 is 31.9. The van der Waals surface area contributed by atoms with Crippen LogP contribution in [0.4, 0.5) is 5.69 Å². The molecule has 2 aromatic carbocycles. The zero-order chi connectivity index (χ0) is 21.9. The maximum absolute atomic E-state index is 12.8. The minimum absolute atomic E-state index is 0.131. The molecule has 0 radical (unpaired) electrons. The van der Waals surface area contributed by atoms with Crippen molar-refractivity contribution >= 4 is 33.0 Å². The second kappa shape index (κ2) is 8.95. The number of nitrogens with zero attached hydrogens (tertiary/aromatic N) is 2. The van der Waals surface area contributed by atoms with Crippen molar-refractivity contribution in [2.75, 3.05) is 19.4 Å². The lowest BCUT2D eigenvalue weighted by atomic mass is 10.1. The molecule has 9 heteroatoms. The molecule has 0 aliphatic heterocycles. The predicted octanol–water partition coefficient (Wildman–Crippen LogP) is 3.84. The molecule has 7 nitrogen and oxygen atoms in total. The van der Waals surface area contributed by atoms with Crippen LogP contribution in [0.2, 0.25) is 0 Å². The minimum Gasteiger partial charge on any atom is -0.487 e. The van der Waals surface area contributed by atoms with Crippen molar-refractivity contribution in [2.24, 2.45) is 0 Å². The molecule has 3 rings (SSSR count). The molecule has 0 unspecified atom stereocenters. The quantitative estimate of drug-likeness (QED) is 0.597. The molecule has 30 heavy (non-hydrogen) atoms. The van der Waals surface area contributed by atoms with Crippen LogP contribution >= 0.6 is 11.3 Å². The number of sulfonamides is 1. The Kier molecular flexibility index (Phi) is 6.55. The van der Waals surface area contributed by atoms with E-state index in [9.17, 15) is 13.2 Å². The third kappa shape index (κ3) is 4.86. The molecule has 0 saturated heterocycles. The average Bonchev–Trinajstić information content (AvgIpc) is 3.23. The summed E-state index contributed by atoms with van der Waals surface area (Å²) in [6, 6.07) is 9.91. The van der Waals surface area contributed by atoms with Crippen LogP contribution < -0.4 is 10.1 Å². The molecule has 1 aromatic heterocycles. The number of hydrogen-bond acceptors (Lipinski definition) is 6. The Morgan fingerprint density at radius 2 is 1.97 bits per heavy atom. The van der Waals surface area contributed by atoms with E-state index in [-0.39, 0.29) is 10.8 Å². The van der Waals surface area contributed by atoms with Crippen LogP contribution in [0, 0.1) is 13.8 Å². The summed E-state index contributed by atoms with van der Waals surface area (Å²) >= 11 is 1.49. The molecule has 1 N–H and O–H groups in total. The number of hydrogen-bond donors (Lipinski definition) is 1. The summed E-state index contributed by atoms with van der Waals surface area (Å²) in [5, 5.41) is 4.73. The van der Waals surface area contributed by atoms with Crippen molar-refractivity contribution in [1.29, 1.82) is 0 Å². The van der Waals surface area contributed by atoms with Gasteiger partial charge in [0.2, 0.25) is 10.0 Å². The summed E-state index contributed by atoms with van der Waals surface area (Å²) in [7, 11) is -0.673. The highest BCUT2D eigenvalue weighted by Crippen LogP contribution is 2.26. The van der Waals surface area contributed by atoms with Crippen LogP contribution in [-0.2, 0) is 16.6 Å². The lowest BCUT2D eigenvalue weighted by Crippen LogP contribution is -2.23. The fourth-order valence-electron chi connectivity index (χ4n) is 2.70. The number of amides is 1. The normalized spacial score (nSPS) is 11.5. The van der Waals surface area contributed by atoms with E-state index in [2.05, 4.69) is 10.3 Å². The molecule has 0 spiro atoms. The second-order valence-electron chi connectivity index (χ2n) is 6.95. The third-order valence-corrected chi connectivity index (χ3v) is 7.06. The maximum atomic E-state index is 12.8. The van der Waals surface area contributed by atoms with E-state index in [1.165, 1.54) is 31.5 Å². The first kappa shape index (κ1) is 21.9. The molecule has 1 amide bonds. The summed E-state index contributed by atoms with van der Waals surface area (Å²) in [5.41, 5.74) is 4.99. The molecule has 0 atom stereocenters. The van der Waals surface area contributed by atoms with Gasteiger partial charge in [0.1, 0.15) is 12.4 Å². The average molecular weight is 446 g/mol. The van der Waals surface area contributed by atoms with Crippen LogP contribution in [0.15, 0.2) is 52.2 Å². The van der Waals surface area contributed by atoms with Crippen LogP contribution in [0.25, 0.3) is 0 Å². The van der Waals surface area contributed by atoms with E-state index in [1.807, 2.05) is 19.2 Å². The van der Waals surface area contributed by atoms with E-state index in [1.54, 1.807) is 35.8 Å². The molecule has 0 aliphatic rings. The van der Waals surface area contributed by atoms with Gasteiger partial charge in [-0.3, -0.25) is 4.79 Å². The minimum atomic E-state index is -3.62. The SMILES string of the molecule is Cc1cc(S(=O)(=O)N(C)C)cc(NC(=O)c2cccc(OCc3cscn3)c2)c1C. The van der Waals surface area contributed by atoms with Crippen molar-refractivity contribution in [3.63, 3.8) is 0 Å². The number of carbonyl (C=O) groups is 1. The standard InChI is InChI=1S/C21H23N3O4S2/c1-14-8-19(30(26,27)24(3)4)10-20(15(14)2)23-21(25)16-6-5-7-18(9-16)28-11-17-12-29-13-22-17/h5-10,12-13H,11H2,1-4H3,(H,23,25). The van der Waals surface area contributed by atoms with Gasteiger partial charge in [-0.15, -0.1) is 11.3 Å². The molecule has 158 valence electrons. The van der Waals surface area contributed by atoms with Gasteiger partial charge < -0.3 is 10.1 Å². The topological polar surface area (TPSA) is 88.6 Å². The van der Waals surface area contributed by atoms with Gasteiger partial charge in [0, 0.05) is 30.7 Å². The highest BCUT2D eigenvalue weighted by atomic mass is 32.2. The summed E-state index contributed by atoms with van der Waals surface area (Å²) in [5.74, 6) is 0.198. The molecule has 0 saturated carbocycles. The van der Waals surface area contributed by atoms with Gasteiger partial charge in [-0.05, 0) is 55.3 Å². The number of thiazole rings is 1. The van der Waals surface area contributed by atoms with Gasteiger partial charge in [-0.25, -0.2) is 17.7 Å². The van der Waals surface area contributed by atoms with Crippen LogP contribution in [-0.4, -0.2) is 37.7 Å². The van der Waals surface area contributed by atoms with E-state index in [0.29, 0.717) is 23.6 Å². The van der Waals surface area contributed by atoms with E-state index < -0.39 is 10.0 Å². The van der Waals surface area contributed by atoms with Gasteiger partial charge in [-0.1, -0.05) is 6.07 Å². The number of rotatable bonds is 7. The van der Waals surface area contributed by atoms with Gasteiger partial charge in [-0.2, -0.15) is 0 Å². The Labute approximate surface area is 180 Å².